The molecule has 3 aromatic rings. The zero-order valence-corrected chi connectivity index (χ0v) is 19.9. The molecule has 0 unspecified atom stereocenters. The number of rotatable bonds is 7. The molecule has 0 atom stereocenters. The van der Waals surface area contributed by atoms with E-state index in [0.29, 0.717) is 19.4 Å². The number of aryl methyl sites for hydroxylation is 1. The van der Waals surface area contributed by atoms with Crippen LogP contribution in [0.4, 0.5) is 8.78 Å². The zero-order chi connectivity index (χ0) is 25.0. The summed E-state index contributed by atoms with van der Waals surface area (Å²) >= 11 is 0. The lowest BCUT2D eigenvalue weighted by atomic mass is 9.97. The molecule has 1 aromatic heterocycles. The number of carbonyl (C=O) groups is 1. The Morgan fingerprint density at radius 1 is 1.14 bits per heavy atom. The van der Waals surface area contributed by atoms with E-state index in [1.807, 2.05) is 30.3 Å². The minimum absolute atomic E-state index is 0.0473. The number of halogens is 2. The minimum Gasteiger partial charge on any atom is -0.355 e. The van der Waals surface area contributed by atoms with Crippen molar-refractivity contribution in [1.29, 1.82) is 0 Å². The van der Waals surface area contributed by atoms with Gasteiger partial charge < -0.3 is 9.84 Å². The summed E-state index contributed by atoms with van der Waals surface area (Å²) in [5, 5.41) is 6.69. The summed E-state index contributed by atoms with van der Waals surface area (Å²) in [7, 11) is -3.97. The first-order valence-electron chi connectivity index (χ1n) is 11.2. The van der Waals surface area contributed by atoms with Gasteiger partial charge in [0.15, 0.2) is 10.7 Å². The van der Waals surface area contributed by atoms with Crippen LogP contribution in [0.25, 0.3) is 12.2 Å². The van der Waals surface area contributed by atoms with Crippen molar-refractivity contribution in [2.75, 3.05) is 13.1 Å². The number of hydrogen-bond acceptors (Lipinski definition) is 5. The van der Waals surface area contributed by atoms with Gasteiger partial charge >= 0.3 is 0 Å². The second-order valence-corrected chi connectivity index (χ2v) is 10.2. The van der Waals surface area contributed by atoms with E-state index in [2.05, 4.69) is 10.5 Å². The number of nitrogens with zero attached hydrogens (tertiary/aromatic N) is 2. The van der Waals surface area contributed by atoms with E-state index < -0.39 is 21.7 Å². The molecule has 0 spiro atoms. The topological polar surface area (TPSA) is 92.5 Å². The molecule has 2 aromatic carbocycles. The summed E-state index contributed by atoms with van der Waals surface area (Å²) in [5.74, 6) is -1.93. The number of piperidine rings is 1. The van der Waals surface area contributed by atoms with Crippen molar-refractivity contribution in [3.8, 4) is 0 Å². The third-order valence-electron chi connectivity index (χ3n) is 5.94. The van der Waals surface area contributed by atoms with Gasteiger partial charge in [0.25, 0.3) is 0 Å². The lowest BCUT2D eigenvalue weighted by Gasteiger charge is -2.30. The van der Waals surface area contributed by atoms with Gasteiger partial charge in [0.05, 0.1) is 0 Å². The predicted octanol–water partition coefficient (Wildman–Crippen LogP) is 4.15. The molecule has 4 rings (SSSR count). The first kappa shape index (κ1) is 24.7. The van der Waals surface area contributed by atoms with E-state index in [1.54, 1.807) is 0 Å². The summed E-state index contributed by atoms with van der Waals surface area (Å²) < 4.78 is 60.3. The maximum atomic E-state index is 13.9. The van der Waals surface area contributed by atoms with Crippen LogP contribution in [0.3, 0.4) is 0 Å². The summed E-state index contributed by atoms with van der Waals surface area (Å²) in [6, 6.07) is 12.6. The Morgan fingerprint density at radius 2 is 1.86 bits per heavy atom. The number of sulfonamides is 1. The Bertz CT molecular complexity index is 1330. The lowest BCUT2D eigenvalue weighted by Crippen LogP contribution is -2.43. The van der Waals surface area contributed by atoms with Crippen LogP contribution in [0.1, 0.15) is 35.4 Å². The molecule has 1 saturated heterocycles. The maximum Gasteiger partial charge on any atom is 0.248 e. The highest BCUT2D eigenvalue weighted by molar-refractivity contribution is 7.89. The molecule has 184 valence electrons. The molecule has 10 heteroatoms. The van der Waals surface area contributed by atoms with E-state index in [1.165, 1.54) is 29.4 Å². The molecule has 1 N–H and O–H groups in total. The Labute approximate surface area is 202 Å². The van der Waals surface area contributed by atoms with Gasteiger partial charge in [-0.25, -0.2) is 17.2 Å². The molecule has 1 aliphatic heterocycles. The number of aromatic nitrogens is 1. The van der Waals surface area contributed by atoms with Crippen molar-refractivity contribution in [1.82, 2.24) is 14.8 Å². The Balaban J connectivity index is 1.43. The highest BCUT2D eigenvalue weighted by atomic mass is 32.2. The minimum atomic E-state index is -3.97. The van der Waals surface area contributed by atoms with Gasteiger partial charge in [-0.3, -0.25) is 4.79 Å². The number of nitrogens with one attached hydrogen (secondary N) is 1. The van der Waals surface area contributed by atoms with Gasteiger partial charge in [0, 0.05) is 37.2 Å². The highest BCUT2D eigenvalue weighted by Gasteiger charge is 2.35. The fourth-order valence-corrected chi connectivity index (χ4v) is 5.74. The van der Waals surface area contributed by atoms with Crippen molar-refractivity contribution >= 4 is 28.1 Å². The van der Waals surface area contributed by atoms with Gasteiger partial charge in [-0.15, -0.1) is 0 Å². The molecule has 1 fully saturated rings. The first-order valence-corrected chi connectivity index (χ1v) is 12.6. The number of carbonyl (C=O) groups excluding carboxylic acids is 1. The Kier molecular flexibility index (Phi) is 7.42. The second-order valence-electron chi connectivity index (χ2n) is 8.34. The molecule has 0 saturated carbocycles. The average Bonchev–Trinajstić information content (AvgIpc) is 3.23. The molecule has 7 nitrogen and oxygen atoms in total. The van der Waals surface area contributed by atoms with Crippen LogP contribution in [0.2, 0.25) is 0 Å². The standard InChI is InChI=1S/C25H25F2N3O4S/c1-17-24(23(34-29-17)10-8-19-7-9-21(26)15-22(19)27)35(32,33)30-13-11-20(12-14-30)25(31)28-16-18-5-3-2-4-6-18/h2-10,15,20H,11-14,16H2,1H3,(H,28,31). The van der Waals surface area contributed by atoms with Crippen LogP contribution in [-0.2, 0) is 21.4 Å². The van der Waals surface area contributed by atoms with Crippen molar-refractivity contribution in [2.45, 2.75) is 31.2 Å². The van der Waals surface area contributed by atoms with Gasteiger partial charge in [0.2, 0.25) is 15.9 Å². The molecule has 0 aliphatic carbocycles. The average molecular weight is 502 g/mol. The molecule has 1 amide bonds. The van der Waals surface area contributed by atoms with Crippen LogP contribution in [-0.4, -0.2) is 36.9 Å². The van der Waals surface area contributed by atoms with Gasteiger partial charge in [-0.1, -0.05) is 35.5 Å². The predicted molar refractivity (Wildman–Crippen MR) is 126 cm³/mol. The number of benzene rings is 2. The van der Waals surface area contributed by atoms with Crippen LogP contribution in [0, 0.1) is 24.5 Å². The third kappa shape index (κ3) is 5.66. The molecular weight excluding hydrogens is 476 g/mol. The molecule has 0 radical (unpaired) electrons. The SMILES string of the molecule is Cc1noc(C=Cc2ccc(F)cc2F)c1S(=O)(=O)N1CCC(C(=O)NCc2ccccc2)CC1. The second kappa shape index (κ2) is 10.5. The monoisotopic (exact) mass is 501 g/mol. The Hall–Kier alpha value is -3.37. The molecule has 2 heterocycles. The van der Waals surface area contributed by atoms with Gasteiger partial charge in [-0.2, -0.15) is 4.31 Å². The van der Waals surface area contributed by atoms with Crippen molar-refractivity contribution < 1.29 is 26.5 Å². The number of hydrogen-bond donors (Lipinski definition) is 1. The quantitative estimate of drug-likeness (QED) is 0.525. The van der Waals surface area contributed by atoms with Gasteiger partial charge in [0.1, 0.15) is 17.3 Å². The summed E-state index contributed by atoms with van der Waals surface area (Å²) in [4.78, 5) is 12.5. The van der Waals surface area contributed by atoms with E-state index >= 15 is 0 Å². The molecular formula is C25H25F2N3O4S. The number of amides is 1. The van der Waals surface area contributed by atoms with Gasteiger partial charge in [-0.05, 0) is 49.6 Å². The van der Waals surface area contributed by atoms with Crippen LogP contribution in [0.5, 0.6) is 0 Å². The lowest BCUT2D eigenvalue weighted by molar-refractivity contribution is -0.126. The van der Waals surface area contributed by atoms with E-state index in [9.17, 15) is 22.0 Å². The molecule has 1 aliphatic rings. The zero-order valence-electron chi connectivity index (χ0n) is 19.1. The normalized spacial score (nSPS) is 15.5. The fraction of sp³-hybridized carbons (Fsp3) is 0.280. The van der Waals surface area contributed by atoms with Crippen molar-refractivity contribution in [3.05, 3.63) is 82.7 Å². The van der Waals surface area contributed by atoms with Crippen LogP contribution >= 0.6 is 0 Å². The molecule has 35 heavy (non-hydrogen) atoms. The smallest absolute Gasteiger partial charge is 0.248 e. The highest BCUT2D eigenvalue weighted by Crippen LogP contribution is 2.29. The summed E-state index contributed by atoms with van der Waals surface area (Å²) in [6.45, 7) is 2.27. The van der Waals surface area contributed by atoms with Crippen molar-refractivity contribution in [3.63, 3.8) is 0 Å². The molecule has 0 bridgehead atoms. The van der Waals surface area contributed by atoms with Crippen LogP contribution < -0.4 is 5.32 Å². The van der Waals surface area contributed by atoms with E-state index in [-0.39, 0.29) is 46.8 Å². The van der Waals surface area contributed by atoms with Crippen LogP contribution in [0.15, 0.2) is 57.9 Å². The summed E-state index contributed by atoms with van der Waals surface area (Å²) in [6.07, 6.45) is 3.37. The van der Waals surface area contributed by atoms with E-state index in [0.717, 1.165) is 17.7 Å². The maximum absolute atomic E-state index is 13.9. The first-order chi connectivity index (χ1) is 16.8. The largest absolute Gasteiger partial charge is 0.355 e. The summed E-state index contributed by atoms with van der Waals surface area (Å²) in [5.41, 5.74) is 1.24. The Morgan fingerprint density at radius 3 is 2.54 bits per heavy atom. The van der Waals surface area contributed by atoms with E-state index in [4.69, 9.17) is 4.52 Å². The third-order valence-corrected chi connectivity index (χ3v) is 8.00. The fourth-order valence-electron chi connectivity index (χ4n) is 4.02. The van der Waals surface area contributed by atoms with Crippen molar-refractivity contribution in [2.24, 2.45) is 5.92 Å².